The number of hydrogen-bond acceptors (Lipinski definition) is 7. The number of nitrogens with zero attached hydrogens (tertiary/aromatic N) is 2. The zero-order valence-corrected chi connectivity index (χ0v) is 17.5. The molecule has 0 radical (unpaired) electrons. The van der Waals surface area contributed by atoms with Gasteiger partial charge in [-0.3, -0.25) is 4.98 Å². The Morgan fingerprint density at radius 2 is 1.87 bits per heavy atom. The van der Waals surface area contributed by atoms with Gasteiger partial charge in [0.25, 0.3) is 0 Å². The summed E-state index contributed by atoms with van der Waals surface area (Å²) in [7, 11) is 1.52. The van der Waals surface area contributed by atoms with Crippen molar-refractivity contribution in [2.24, 2.45) is 0 Å². The van der Waals surface area contributed by atoms with Crippen molar-refractivity contribution >= 4 is 16.9 Å². The van der Waals surface area contributed by atoms with E-state index >= 15 is 0 Å². The molecule has 31 heavy (non-hydrogen) atoms. The van der Waals surface area contributed by atoms with Crippen LogP contribution in [0.25, 0.3) is 10.9 Å². The Hall–Kier alpha value is -3.87. The molecule has 0 spiro atoms. The highest BCUT2D eigenvalue weighted by atomic mass is 16.5. The van der Waals surface area contributed by atoms with E-state index in [1.165, 1.54) is 7.11 Å². The Morgan fingerprint density at radius 3 is 2.65 bits per heavy atom. The lowest BCUT2D eigenvalue weighted by Crippen LogP contribution is -2.07. The number of rotatable bonds is 7. The van der Waals surface area contributed by atoms with Gasteiger partial charge in [-0.05, 0) is 38.1 Å². The minimum absolute atomic E-state index is 0.125. The minimum atomic E-state index is -0.455. The number of hydrogen-bond donors (Lipinski definition) is 0. The number of aromatic nitrogens is 2. The van der Waals surface area contributed by atoms with Gasteiger partial charge in [-0.25, -0.2) is 4.79 Å². The summed E-state index contributed by atoms with van der Waals surface area (Å²) in [5.41, 5.74) is 3.69. The standard InChI is InChI=1S/C24H22N2O5/c1-15-20(16(2)31-26-15)14-29-21-10-9-18(12-22(21)28-3)24(27)30-13-19-7-4-6-17-8-5-11-25-23(17)19/h4-12H,13-14H2,1-3H3. The molecule has 0 saturated heterocycles. The normalized spacial score (nSPS) is 10.8. The van der Waals surface area contributed by atoms with E-state index in [1.807, 2.05) is 44.2 Å². The van der Waals surface area contributed by atoms with Crippen LogP contribution in [0.15, 0.2) is 59.3 Å². The van der Waals surface area contributed by atoms with E-state index in [2.05, 4.69) is 10.1 Å². The van der Waals surface area contributed by atoms with Crippen molar-refractivity contribution in [1.29, 1.82) is 0 Å². The molecule has 0 unspecified atom stereocenters. The van der Waals surface area contributed by atoms with Crippen LogP contribution in [0.4, 0.5) is 0 Å². The summed E-state index contributed by atoms with van der Waals surface area (Å²) in [4.78, 5) is 17.0. The Kier molecular flexibility index (Phi) is 5.84. The van der Waals surface area contributed by atoms with Gasteiger partial charge in [-0.15, -0.1) is 0 Å². The summed E-state index contributed by atoms with van der Waals surface area (Å²) >= 11 is 0. The third kappa shape index (κ3) is 4.35. The van der Waals surface area contributed by atoms with Crippen LogP contribution in [0.1, 0.15) is 32.9 Å². The minimum Gasteiger partial charge on any atom is -0.493 e. The molecule has 0 aliphatic carbocycles. The molecule has 0 aliphatic rings. The summed E-state index contributed by atoms with van der Waals surface area (Å²) in [6.45, 7) is 4.10. The largest absolute Gasteiger partial charge is 0.493 e. The SMILES string of the molecule is COc1cc(C(=O)OCc2cccc3cccnc23)ccc1OCc1c(C)noc1C. The van der Waals surface area contributed by atoms with Gasteiger partial charge >= 0.3 is 5.97 Å². The second-order valence-corrected chi connectivity index (χ2v) is 7.03. The van der Waals surface area contributed by atoms with Crippen molar-refractivity contribution in [2.45, 2.75) is 27.1 Å². The molecular weight excluding hydrogens is 396 g/mol. The van der Waals surface area contributed by atoms with Crippen LogP contribution >= 0.6 is 0 Å². The molecule has 7 heteroatoms. The fourth-order valence-corrected chi connectivity index (χ4v) is 3.28. The number of esters is 1. The molecule has 4 aromatic rings. The maximum Gasteiger partial charge on any atom is 0.338 e. The summed E-state index contributed by atoms with van der Waals surface area (Å²) in [5, 5.41) is 4.92. The number of ether oxygens (including phenoxy) is 3. The third-order valence-electron chi connectivity index (χ3n) is 5.03. The second-order valence-electron chi connectivity index (χ2n) is 7.03. The van der Waals surface area contributed by atoms with Gasteiger partial charge in [0.15, 0.2) is 11.5 Å². The number of carbonyl (C=O) groups is 1. The van der Waals surface area contributed by atoms with E-state index in [9.17, 15) is 4.79 Å². The van der Waals surface area contributed by atoms with E-state index in [0.29, 0.717) is 22.8 Å². The summed E-state index contributed by atoms with van der Waals surface area (Å²) in [6, 6.07) is 14.6. The zero-order chi connectivity index (χ0) is 21.8. The van der Waals surface area contributed by atoms with Gasteiger partial charge in [-0.2, -0.15) is 0 Å². The number of para-hydroxylation sites is 1. The Bertz CT molecular complexity index is 1210. The first-order valence-corrected chi connectivity index (χ1v) is 9.79. The number of methoxy groups -OCH3 is 1. The van der Waals surface area contributed by atoms with Gasteiger partial charge < -0.3 is 18.7 Å². The molecule has 2 aromatic heterocycles. The second kappa shape index (κ2) is 8.87. The van der Waals surface area contributed by atoms with Crippen molar-refractivity contribution in [3.05, 3.63) is 82.9 Å². The molecule has 0 N–H and O–H groups in total. The van der Waals surface area contributed by atoms with Gasteiger partial charge in [0, 0.05) is 17.1 Å². The number of fused-ring (bicyclic) bond motifs is 1. The molecule has 158 valence electrons. The predicted molar refractivity (Wildman–Crippen MR) is 114 cm³/mol. The van der Waals surface area contributed by atoms with Crippen LogP contribution in [-0.4, -0.2) is 23.2 Å². The fourth-order valence-electron chi connectivity index (χ4n) is 3.28. The van der Waals surface area contributed by atoms with Crippen LogP contribution in [0.5, 0.6) is 11.5 Å². The van der Waals surface area contributed by atoms with Gasteiger partial charge in [0.05, 0.1) is 29.4 Å². The first-order chi connectivity index (χ1) is 15.1. The quantitative estimate of drug-likeness (QED) is 0.399. The first kappa shape index (κ1) is 20.4. The fraction of sp³-hybridized carbons (Fsp3) is 0.208. The molecule has 2 heterocycles. The number of benzene rings is 2. The number of pyridine rings is 1. The maximum atomic E-state index is 12.6. The molecule has 0 fully saturated rings. The Balaban J connectivity index is 1.46. The smallest absolute Gasteiger partial charge is 0.338 e. The summed E-state index contributed by atoms with van der Waals surface area (Å²) in [5.74, 6) is 1.20. The molecule has 0 aliphatic heterocycles. The van der Waals surface area contributed by atoms with Gasteiger partial charge in [0.1, 0.15) is 19.0 Å². The average molecular weight is 418 g/mol. The number of aryl methyl sites for hydroxylation is 2. The predicted octanol–water partition coefficient (Wildman–Crippen LogP) is 4.78. The van der Waals surface area contributed by atoms with Gasteiger partial charge in [0.2, 0.25) is 0 Å². The van der Waals surface area contributed by atoms with E-state index in [-0.39, 0.29) is 13.2 Å². The summed E-state index contributed by atoms with van der Waals surface area (Å²) < 4.78 is 21.9. The lowest BCUT2D eigenvalue weighted by Gasteiger charge is -2.12. The Morgan fingerprint density at radius 1 is 1.03 bits per heavy atom. The van der Waals surface area contributed by atoms with E-state index in [1.54, 1.807) is 24.4 Å². The average Bonchev–Trinajstić information content (AvgIpc) is 3.12. The summed E-state index contributed by atoms with van der Waals surface area (Å²) in [6.07, 6.45) is 1.72. The molecular formula is C24H22N2O5. The van der Waals surface area contributed by atoms with Crippen molar-refractivity contribution in [1.82, 2.24) is 10.1 Å². The van der Waals surface area contributed by atoms with Crippen LogP contribution in [0.3, 0.4) is 0 Å². The molecule has 7 nitrogen and oxygen atoms in total. The molecule has 4 rings (SSSR count). The van der Waals surface area contributed by atoms with Crippen LogP contribution in [-0.2, 0) is 18.0 Å². The maximum absolute atomic E-state index is 12.6. The van der Waals surface area contributed by atoms with E-state index in [4.69, 9.17) is 18.7 Å². The zero-order valence-electron chi connectivity index (χ0n) is 17.5. The van der Waals surface area contributed by atoms with Gasteiger partial charge in [-0.1, -0.05) is 29.4 Å². The highest BCUT2D eigenvalue weighted by Gasteiger charge is 2.15. The van der Waals surface area contributed by atoms with Crippen molar-refractivity contribution < 1.29 is 23.5 Å². The lowest BCUT2D eigenvalue weighted by atomic mass is 10.1. The molecule has 0 saturated carbocycles. The van der Waals surface area contributed by atoms with E-state index < -0.39 is 5.97 Å². The molecule has 0 bridgehead atoms. The molecule has 2 aromatic carbocycles. The molecule has 0 amide bonds. The topological polar surface area (TPSA) is 83.7 Å². The highest BCUT2D eigenvalue weighted by Crippen LogP contribution is 2.30. The Labute approximate surface area is 179 Å². The van der Waals surface area contributed by atoms with Crippen molar-refractivity contribution in [3.8, 4) is 11.5 Å². The van der Waals surface area contributed by atoms with Crippen molar-refractivity contribution in [3.63, 3.8) is 0 Å². The monoisotopic (exact) mass is 418 g/mol. The van der Waals surface area contributed by atoms with Crippen LogP contribution in [0, 0.1) is 13.8 Å². The molecule has 0 atom stereocenters. The third-order valence-corrected chi connectivity index (χ3v) is 5.03. The van der Waals surface area contributed by atoms with E-state index in [0.717, 1.165) is 27.7 Å². The van der Waals surface area contributed by atoms with Crippen LogP contribution in [0.2, 0.25) is 0 Å². The van der Waals surface area contributed by atoms with Crippen LogP contribution < -0.4 is 9.47 Å². The highest BCUT2D eigenvalue weighted by molar-refractivity contribution is 5.90. The lowest BCUT2D eigenvalue weighted by molar-refractivity contribution is 0.0473. The first-order valence-electron chi connectivity index (χ1n) is 9.79. The van der Waals surface area contributed by atoms with Crippen molar-refractivity contribution in [2.75, 3.05) is 7.11 Å². The number of carbonyl (C=O) groups excluding carboxylic acids is 1.